The zero-order valence-corrected chi connectivity index (χ0v) is 4.13. The van der Waals surface area contributed by atoms with E-state index in [0.29, 0.717) is 0 Å². The first-order valence-corrected chi connectivity index (χ1v) is 1.90. The molecule has 0 saturated heterocycles. The summed E-state index contributed by atoms with van der Waals surface area (Å²) in [7, 11) is 0. The van der Waals surface area contributed by atoms with Gasteiger partial charge in [0.1, 0.15) is 0 Å². The molecular formula is C5H5O3. The number of carboxylic acid groups (broad SMARTS) is 1. The van der Waals surface area contributed by atoms with Crippen molar-refractivity contribution in [1.82, 2.24) is 0 Å². The lowest BCUT2D eigenvalue weighted by Gasteiger charge is -1.74. The highest BCUT2D eigenvalue weighted by molar-refractivity contribution is 5.97. The van der Waals surface area contributed by atoms with Crippen molar-refractivity contribution in [3.05, 3.63) is 19.1 Å². The van der Waals surface area contributed by atoms with Crippen LogP contribution in [0.4, 0.5) is 0 Å². The third-order valence-electron chi connectivity index (χ3n) is 0.412. The molecule has 0 saturated carbocycles. The Morgan fingerprint density at radius 1 is 1.38 bits per heavy atom. The molecule has 0 fully saturated rings. The van der Waals surface area contributed by atoms with E-state index in [-0.39, 0.29) is 0 Å². The van der Waals surface area contributed by atoms with Gasteiger partial charge in [0.25, 0.3) is 0 Å². The number of hydrogen-bond donors (Lipinski definition) is 1. The SMILES string of the molecule is [CH2]C(=O)C=CC(=O)O. The van der Waals surface area contributed by atoms with E-state index < -0.39 is 11.8 Å². The molecule has 1 radical (unpaired) electrons. The third-order valence-corrected chi connectivity index (χ3v) is 0.412. The second-order valence-corrected chi connectivity index (χ2v) is 1.14. The zero-order chi connectivity index (χ0) is 6.57. The van der Waals surface area contributed by atoms with Crippen molar-refractivity contribution in [2.24, 2.45) is 0 Å². The van der Waals surface area contributed by atoms with Crippen LogP contribution in [0.25, 0.3) is 0 Å². The van der Waals surface area contributed by atoms with Crippen molar-refractivity contribution in [3.63, 3.8) is 0 Å². The average molecular weight is 113 g/mol. The maximum absolute atomic E-state index is 9.89. The summed E-state index contributed by atoms with van der Waals surface area (Å²) in [5.74, 6) is -1.64. The zero-order valence-electron chi connectivity index (χ0n) is 4.13. The molecule has 0 spiro atoms. The van der Waals surface area contributed by atoms with E-state index in [9.17, 15) is 9.59 Å². The van der Waals surface area contributed by atoms with Crippen molar-refractivity contribution in [2.45, 2.75) is 0 Å². The Labute approximate surface area is 46.6 Å². The molecule has 0 heterocycles. The Morgan fingerprint density at radius 2 is 1.88 bits per heavy atom. The Bertz CT molecular complexity index is 119. The van der Waals surface area contributed by atoms with Crippen LogP contribution in [0.1, 0.15) is 0 Å². The number of carbonyl (C=O) groups excluding carboxylic acids is 1. The van der Waals surface area contributed by atoms with Crippen LogP contribution in [0.5, 0.6) is 0 Å². The second-order valence-electron chi connectivity index (χ2n) is 1.14. The lowest BCUT2D eigenvalue weighted by atomic mass is 10.4. The van der Waals surface area contributed by atoms with Gasteiger partial charge >= 0.3 is 5.97 Å². The van der Waals surface area contributed by atoms with E-state index in [1.807, 2.05) is 0 Å². The average Bonchev–Trinajstić information content (AvgIpc) is 1.61. The van der Waals surface area contributed by atoms with E-state index in [1.54, 1.807) is 0 Å². The number of allylic oxidation sites excluding steroid dienone is 1. The summed E-state index contributed by atoms with van der Waals surface area (Å²) < 4.78 is 0. The summed E-state index contributed by atoms with van der Waals surface area (Å²) in [6, 6.07) is 0. The van der Waals surface area contributed by atoms with Gasteiger partial charge in [0.05, 0.1) is 0 Å². The van der Waals surface area contributed by atoms with E-state index in [0.717, 1.165) is 12.2 Å². The summed E-state index contributed by atoms with van der Waals surface area (Å²) >= 11 is 0. The number of ketones is 1. The van der Waals surface area contributed by atoms with Gasteiger partial charge in [-0.2, -0.15) is 0 Å². The molecule has 8 heavy (non-hydrogen) atoms. The molecule has 1 N–H and O–H groups in total. The molecule has 0 aromatic carbocycles. The molecule has 0 bridgehead atoms. The van der Waals surface area contributed by atoms with Crippen molar-refractivity contribution in [1.29, 1.82) is 0 Å². The number of rotatable bonds is 2. The monoisotopic (exact) mass is 113 g/mol. The number of aliphatic carboxylic acids is 1. The van der Waals surface area contributed by atoms with E-state index in [2.05, 4.69) is 6.92 Å². The largest absolute Gasteiger partial charge is 0.478 e. The molecule has 0 amide bonds. The molecule has 0 unspecified atom stereocenters. The smallest absolute Gasteiger partial charge is 0.328 e. The molecule has 3 heteroatoms. The van der Waals surface area contributed by atoms with Gasteiger partial charge < -0.3 is 5.11 Å². The van der Waals surface area contributed by atoms with Crippen LogP contribution in [0.2, 0.25) is 0 Å². The van der Waals surface area contributed by atoms with Crippen molar-refractivity contribution >= 4 is 11.8 Å². The molecule has 0 aromatic rings. The van der Waals surface area contributed by atoms with E-state index >= 15 is 0 Å². The lowest BCUT2D eigenvalue weighted by Crippen LogP contribution is -1.89. The fourth-order valence-corrected chi connectivity index (χ4v) is 0.164. The van der Waals surface area contributed by atoms with Gasteiger partial charge in [0.2, 0.25) is 0 Å². The minimum absolute atomic E-state index is 0.507. The lowest BCUT2D eigenvalue weighted by molar-refractivity contribution is -0.131. The molecule has 0 aliphatic heterocycles. The highest BCUT2D eigenvalue weighted by atomic mass is 16.4. The van der Waals surface area contributed by atoms with Gasteiger partial charge in [-0.05, 0) is 6.08 Å². The molecule has 0 aromatic heterocycles. The van der Waals surface area contributed by atoms with Crippen molar-refractivity contribution in [2.75, 3.05) is 0 Å². The Kier molecular flexibility index (Phi) is 2.54. The van der Waals surface area contributed by atoms with E-state index in [1.165, 1.54) is 0 Å². The Hall–Kier alpha value is -1.12. The number of carboxylic acids is 1. The molecule has 0 aliphatic rings. The summed E-state index contributed by atoms with van der Waals surface area (Å²) in [6.07, 6.45) is 1.64. The van der Waals surface area contributed by atoms with Crippen molar-refractivity contribution in [3.8, 4) is 0 Å². The Balaban J connectivity index is 3.67. The highest BCUT2D eigenvalue weighted by Gasteiger charge is 1.85. The number of hydrogen-bond acceptors (Lipinski definition) is 2. The van der Waals surface area contributed by atoms with Gasteiger partial charge in [0.15, 0.2) is 5.78 Å². The van der Waals surface area contributed by atoms with Gasteiger partial charge in [-0.25, -0.2) is 4.79 Å². The van der Waals surface area contributed by atoms with Crippen molar-refractivity contribution < 1.29 is 14.7 Å². The van der Waals surface area contributed by atoms with Crippen LogP contribution in [0.3, 0.4) is 0 Å². The molecule has 0 atom stereocenters. The highest BCUT2D eigenvalue weighted by Crippen LogP contribution is 1.72. The first-order chi connectivity index (χ1) is 3.63. The Morgan fingerprint density at radius 3 is 2.00 bits per heavy atom. The summed E-state index contributed by atoms with van der Waals surface area (Å²) in [6.45, 7) is 2.92. The van der Waals surface area contributed by atoms with Crippen LogP contribution in [-0.2, 0) is 9.59 Å². The minimum Gasteiger partial charge on any atom is -0.478 e. The standard InChI is InChI=1S/C5H5O3/c1-4(6)2-3-5(7)8/h2-3H,1H2,(H,7,8). The molecule has 3 nitrogen and oxygen atoms in total. The van der Waals surface area contributed by atoms with Crippen LogP contribution in [-0.4, -0.2) is 16.9 Å². The van der Waals surface area contributed by atoms with Crippen LogP contribution in [0, 0.1) is 6.92 Å². The fourth-order valence-electron chi connectivity index (χ4n) is 0.164. The molecular weight excluding hydrogens is 108 g/mol. The predicted molar refractivity (Wildman–Crippen MR) is 27.1 cm³/mol. The maximum atomic E-state index is 9.89. The van der Waals surface area contributed by atoms with Crippen LogP contribution >= 0.6 is 0 Å². The normalized spacial score (nSPS) is 9.62. The minimum atomic E-state index is -1.14. The van der Waals surface area contributed by atoms with Crippen LogP contribution in [0.15, 0.2) is 12.2 Å². The first-order valence-electron chi connectivity index (χ1n) is 1.90. The predicted octanol–water partition coefficient (Wildman–Crippen LogP) is 0.0304. The summed E-state index contributed by atoms with van der Waals surface area (Å²) in [5.41, 5.74) is 0. The van der Waals surface area contributed by atoms with Gasteiger partial charge in [-0.3, -0.25) is 4.79 Å². The van der Waals surface area contributed by atoms with E-state index in [4.69, 9.17) is 5.11 Å². The first kappa shape index (κ1) is 6.88. The summed E-state index contributed by atoms with van der Waals surface area (Å²) in [4.78, 5) is 19.5. The second kappa shape index (κ2) is 2.96. The molecule has 0 aliphatic carbocycles. The van der Waals surface area contributed by atoms with Gasteiger partial charge in [0, 0.05) is 13.0 Å². The molecule has 0 rings (SSSR count). The van der Waals surface area contributed by atoms with Gasteiger partial charge in [-0.1, -0.05) is 0 Å². The number of carbonyl (C=O) groups is 2. The fraction of sp³-hybridized carbons (Fsp3) is 0. The van der Waals surface area contributed by atoms with Crippen LogP contribution < -0.4 is 0 Å². The summed E-state index contributed by atoms with van der Waals surface area (Å²) in [5, 5.41) is 7.90. The molecule has 43 valence electrons. The van der Waals surface area contributed by atoms with Gasteiger partial charge in [-0.15, -0.1) is 0 Å². The topological polar surface area (TPSA) is 54.4 Å². The quantitative estimate of drug-likeness (QED) is 0.514. The third kappa shape index (κ3) is 4.88. The maximum Gasteiger partial charge on any atom is 0.328 e.